The summed E-state index contributed by atoms with van der Waals surface area (Å²) in [5.74, 6) is -1.36. The molecule has 1 aromatic carbocycles. The molecule has 19 heavy (non-hydrogen) atoms. The van der Waals surface area contributed by atoms with Crippen molar-refractivity contribution in [2.45, 2.75) is 45.6 Å². The van der Waals surface area contributed by atoms with E-state index in [0.717, 1.165) is 31.7 Å². The topological polar surface area (TPSA) is 12.0 Å². The minimum Gasteiger partial charge on any atom is -0.313 e. The number of hydrogen-bond donors (Lipinski definition) is 1. The molecule has 0 aromatic heterocycles. The van der Waals surface area contributed by atoms with Crippen LogP contribution in [0.4, 0.5) is 8.78 Å². The predicted molar refractivity (Wildman–Crippen MR) is 76.5 cm³/mol. The van der Waals surface area contributed by atoms with Crippen LogP contribution in [0.3, 0.4) is 0 Å². The maximum absolute atomic E-state index is 13.4. The Morgan fingerprint density at radius 1 is 1.11 bits per heavy atom. The number of rotatable bonds is 7. The number of hydrogen-bond acceptors (Lipinski definition) is 1. The highest BCUT2D eigenvalue weighted by molar-refractivity contribution is 6.31. The van der Waals surface area contributed by atoms with Gasteiger partial charge in [0.25, 0.3) is 0 Å². The van der Waals surface area contributed by atoms with Gasteiger partial charge in [-0.25, -0.2) is 8.78 Å². The van der Waals surface area contributed by atoms with E-state index in [1.807, 2.05) is 7.05 Å². The first-order valence-electron chi connectivity index (χ1n) is 6.86. The molecule has 1 nitrogen and oxygen atoms in total. The van der Waals surface area contributed by atoms with Crippen LogP contribution in [-0.2, 0) is 0 Å². The monoisotopic (exact) mass is 289 g/mol. The van der Waals surface area contributed by atoms with E-state index >= 15 is 0 Å². The molecule has 108 valence electrons. The molecule has 0 aliphatic heterocycles. The third-order valence-corrected chi connectivity index (χ3v) is 3.80. The van der Waals surface area contributed by atoms with Crippen LogP contribution in [0.2, 0.25) is 5.02 Å². The summed E-state index contributed by atoms with van der Waals surface area (Å²) in [4.78, 5) is 0. The Balaban J connectivity index is 3.10. The molecule has 0 bridgehead atoms. The van der Waals surface area contributed by atoms with Crippen molar-refractivity contribution in [3.8, 4) is 0 Å². The van der Waals surface area contributed by atoms with Gasteiger partial charge in [-0.3, -0.25) is 0 Å². The molecule has 0 radical (unpaired) electrons. The molecule has 0 amide bonds. The van der Waals surface area contributed by atoms with Gasteiger partial charge in [0.05, 0.1) is 0 Å². The Morgan fingerprint density at radius 3 is 2.11 bits per heavy atom. The second kappa shape index (κ2) is 7.81. The first-order valence-corrected chi connectivity index (χ1v) is 7.24. The molecule has 1 rings (SSSR count). The van der Waals surface area contributed by atoms with Gasteiger partial charge in [0.2, 0.25) is 0 Å². The van der Waals surface area contributed by atoms with Crippen LogP contribution in [-0.4, -0.2) is 7.05 Å². The molecule has 1 unspecified atom stereocenters. The van der Waals surface area contributed by atoms with E-state index in [1.165, 1.54) is 6.07 Å². The minimum atomic E-state index is -0.897. The Bertz CT molecular complexity index is 403. The Labute approximate surface area is 119 Å². The van der Waals surface area contributed by atoms with Gasteiger partial charge in [-0.1, -0.05) is 38.3 Å². The van der Waals surface area contributed by atoms with Crippen LogP contribution in [0.5, 0.6) is 0 Å². The van der Waals surface area contributed by atoms with Crippen molar-refractivity contribution < 1.29 is 8.78 Å². The van der Waals surface area contributed by atoms with Crippen molar-refractivity contribution in [3.63, 3.8) is 0 Å². The Morgan fingerprint density at radius 2 is 1.63 bits per heavy atom. The summed E-state index contributed by atoms with van der Waals surface area (Å²) < 4.78 is 26.6. The van der Waals surface area contributed by atoms with Crippen LogP contribution in [0, 0.1) is 17.6 Å². The Kier molecular flexibility index (Phi) is 6.73. The molecular formula is C15H22ClF2N. The molecule has 1 N–H and O–H groups in total. The highest BCUT2D eigenvalue weighted by Gasteiger charge is 2.24. The van der Waals surface area contributed by atoms with E-state index < -0.39 is 11.6 Å². The van der Waals surface area contributed by atoms with Crippen molar-refractivity contribution >= 4 is 11.6 Å². The van der Waals surface area contributed by atoms with Gasteiger partial charge in [-0.05, 0) is 43.5 Å². The summed E-state index contributed by atoms with van der Waals surface area (Å²) >= 11 is 6.07. The van der Waals surface area contributed by atoms with E-state index in [0.29, 0.717) is 11.5 Å². The quantitative estimate of drug-likeness (QED) is 0.689. The summed E-state index contributed by atoms with van der Waals surface area (Å²) in [6, 6.07) is 2.24. The van der Waals surface area contributed by atoms with Gasteiger partial charge < -0.3 is 5.32 Å². The first kappa shape index (κ1) is 16.4. The molecule has 0 fully saturated rings. The number of halogens is 3. The van der Waals surface area contributed by atoms with Gasteiger partial charge in [-0.15, -0.1) is 0 Å². The zero-order valence-electron chi connectivity index (χ0n) is 11.8. The zero-order valence-corrected chi connectivity index (χ0v) is 12.5. The number of nitrogens with one attached hydrogen (secondary N) is 1. The van der Waals surface area contributed by atoms with Crippen molar-refractivity contribution in [2.24, 2.45) is 5.92 Å². The van der Waals surface area contributed by atoms with E-state index in [9.17, 15) is 8.78 Å². The number of benzene rings is 1. The van der Waals surface area contributed by atoms with Crippen LogP contribution < -0.4 is 5.32 Å². The maximum Gasteiger partial charge on any atom is 0.160 e. The molecule has 0 aliphatic rings. The lowest BCUT2D eigenvalue weighted by atomic mass is 9.86. The van der Waals surface area contributed by atoms with Crippen molar-refractivity contribution in [1.82, 2.24) is 5.32 Å². The molecule has 0 saturated heterocycles. The average Bonchev–Trinajstić information content (AvgIpc) is 2.37. The smallest absolute Gasteiger partial charge is 0.160 e. The Hall–Kier alpha value is -0.670. The summed E-state index contributed by atoms with van der Waals surface area (Å²) in [7, 11) is 1.83. The molecule has 0 aliphatic carbocycles. The lowest BCUT2D eigenvalue weighted by Crippen LogP contribution is -2.26. The standard InChI is InChI=1S/C15H22ClF2N/c1-4-6-10(7-5-2)15(19-3)11-8-13(17)14(18)9-12(11)16/h8-10,15,19H,4-7H2,1-3H3. The molecule has 4 heteroatoms. The van der Waals surface area contributed by atoms with Crippen molar-refractivity contribution in [1.29, 1.82) is 0 Å². The molecule has 0 spiro atoms. The second-order valence-electron chi connectivity index (χ2n) is 4.89. The summed E-state index contributed by atoms with van der Waals surface area (Å²) in [6.45, 7) is 4.25. The minimum absolute atomic E-state index is 0.0394. The molecular weight excluding hydrogens is 268 g/mol. The van der Waals surface area contributed by atoms with Gasteiger partial charge in [0.15, 0.2) is 11.6 Å². The van der Waals surface area contributed by atoms with Crippen molar-refractivity contribution in [2.75, 3.05) is 7.05 Å². The second-order valence-corrected chi connectivity index (χ2v) is 5.30. The van der Waals surface area contributed by atoms with Gasteiger partial charge in [-0.2, -0.15) is 0 Å². The highest BCUT2D eigenvalue weighted by Crippen LogP contribution is 2.34. The van der Waals surface area contributed by atoms with Gasteiger partial charge >= 0.3 is 0 Å². The SMILES string of the molecule is CCCC(CCC)C(NC)c1cc(F)c(F)cc1Cl. The summed E-state index contributed by atoms with van der Waals surface area (Å²) in [6.07, 6.45) is 4.19. The molecule has 1 atom stereocenters. The third kappa shape index (κ3) is 4.15. The largest absolute Gasteiger partial charge is 0.313 e. The fourth-order valence-corrected chi connectivity index (χ4v) is 2.91. The van der Waals surface area contributed by atoms with Crippen LogP contribution in [0.25, 0.3) is 0 Å². The third-order valence-electron chi connectivity index (χ3n) is 3.48. The van der Waals surface area contributed by atoms with E-state index in [2.05, 4.69) is 19.2 Å². The summed E-state index contributed by atoms with van der Waals surface area (Å²) in [5.41, 5.74) is 0.648. The maximum atomic E-state index is 13.4. The lowest BCUT2D eigenvalue weighted by molar-refractivity contribution is 0.329. The zero-order chi connectivity index (χ0) is 14.4. The first-order chi connectivity index (χ1) is 9.04. The van der Waals surface area contributed by atoms with Crippen LogP contribution in [0.1, 0.15) is 51.1 Å². The average molecular weight is 290 g/mol. The molecule has 0 heterocycles. The van der Waals surface area contributed by atoms with E-state index in [4.69, 9.17) is 11.6 Å². The van der Waals surface area contributed by atoms with Crippen molar-refractivity contribution in [3.05, 3.63) is 34.4 Å². The van der Waals surface area contributed by atoms with Crippen LogP contribution >= 0.6 is 11.6 Å². The molecule has 0 saturated carbocycles. The highest BCUT2D eigenvalue weighted by atomic mass is 35.5. The fraction of sp³-hybridized carbons (Fsp3) is 0.600. The normalized spacial score (nSPS) is 13.0. The molecule has 1 aromatic rings. The predicted octanol–water partition coefficient (Wildman–Crippen LogP) is 5.10. The lowest BCUT2D eigenvalue weighted by Gasteiger charge is -2.27. The van der Waals surface area contributed by atoms with E-state index in [1.54, 1.807) is 0 Å². The van der Waals surface area contributed by atoms with E-state index in [-0.39, 0.29) is 11.1 Å². The fourth-order valence-electron chi connectivity index (χ4n) is 2.64. The van der Waals surface area contributed by atoms with Crippen LogP contribution in [0.15, 0.2) is 12.1 Å². The van der Waals surface area contributed by atoms with Gasteiger partial charge in [0, 0.05) is 11.1 Å². The van der Waals surface area contributed by atoms with Gasteiger partial charge in [0.1, 0.15) is 0 Å². The summed E-state index contributed by atoms with van der Waals surface area (Å²) in [5, 5.41) is 3.49.